The number of pyridine rings is 1. The van der Waals surface area contributed by atoms with Gasteiger partial charge < -0.3 is 5.32 Å². The fourth-order valence-electron chi connectivity index (χ4n) is 3.32. The number of aryl methyl sites for hydroxylation is 1. The standard InChI is InChI=1S/C18H24N2/c1-3-10-19-17-8-6-15(12-17)14-7-9-18-16(11-14)5-4-13(2)20-18/h4-5,7,9,11,15,17,19H,3,6,8,10,12H2,1-2H3. The van der Waals surface area contributed by atoms with Crippen molar-refractivity contribution in [3.63, 3.8) is 0 Å². The lowest BCUT2D eigenvalue weighted by Gasteiger charge is -2.13. The van der Waals surface area contributed by atoms with E-state index in [0.29, 0.717) is 6.04 Å². The molecule has 2 aromatic rings. The summed E-state index contributed by atoms with van der Waals surface area (Å²) < 4.78 is 0. The first-order valence-electron chi connectivity index (χ1n) is 7.87. The van der Waals surface area contributed by atoms with Crippen LogP contribution in [0.3, 0.4) is 0 Å². The largest absolute Gasteiger partial charge is 0.314 e. The van der Waals surface area contributed by atoms with Gasteiger partial charge in [0.25, 0.3) is 0 Å². The van der Waals surface area contributed by atoms with E-state index in [1.807, 2.05) is 6.92 Å². The molecule has 1 aromatic carbocycles. The maximum atomic E-state index is 4.59. The van der Waals surface area contributed by atoms with E-state index in [1.165, 1.54) is 36.6 Å². The van der Waals surface area contributed by atoms with E-state index in [-0.39, 0.29) is 0 Å². The van der Waals surface area contributed by atoms with Crippen molar-refractivity contribution in [2.24, 2.45) is 0 Å². The molecule has 1 N–H and O–H groups in total. The SMILES string of the molecule is CCCNC1CCC(c2ccc3nc(C)ccc3c2)C1. The molecule has 2 atom stereocenters. The fraction of sp³-hybridized carbons (Fsp3) is 0.500. The summed E-state index contributed by atoms with van der Waals surface area (Å²) >= 11 is 0. The molecule has 0 spiro atoms. The third-order valence-corrected chi connectivity index (χ3v) is 4.44. The van der Waals surface area contributed by atoms with Crippen LogP contribution in [0.2, 0.25) is 0 Å². The molecular weight excluding hydrogens is 244 g/mol. The summed E-state index contributed by atoms with van der Waals surface area (Å²) in [5.74, 6) is 0.718. The zero-order chi connectivity index (χ0) is 13.9. The highest BCUT2D eigenvalue weighted by atomic mass is 14.9. The second-order valence-corrected chi connectivity index (χ2v) is 6.07. The zero-order valence-electron chi connectivity index (χ0n) is 12.5. The molecule has 20 heavy (non-hydrogen) atoms. The second-order valence-electron chi connectivity index (χ2n) is 6.07. The summed E-state index contributed by atoms with van der Waals surface area (Å²) in [6.45, 7) is 5.43. The van der Waals surface area contributed by atoms with Crippen LogP contribution in [0.15, 0.2) is 30.3 Å². The van der Waals surface area contributed by atoms with E-state index in [9.17, 15) is 0 Å². The Morgan fingerprint density at radius 2 is 2.10 bits per heavy atom. The molecule has 1 aliphatic rings. The number of nitrogens with one attached hydrogen (secondary N) is 1. The number of fused-ring (bicyclic) bond motifs is 1. The maximum absolute atomic E-state index is 4.59. The van der Waals surface area contributed by atoms with Gasteiger partial charge in [0.2, 0.25) is 0 Å². The van der Waals surface area contributed by atoms with Gasteiger partial charge in [0.15, 0.2) is 0 Å². The van der Waals surface area contributed by atoms with Gasteiger partial charge in [-0.25, -0.2) is 0 Å². The molecule has 0 radical (unpaired) electrons. The Bertz CT molecular complexity index is 591. The third-order valence-electron chi connectivity index (χ3n) is 4.44. The minimum atomic E-state index is 0.715. The van der Waals surface area contributed by atoms with Crippen LogP contribution >= 0.6 is 0 Å². The minimum Gasteiger partial charge on any atom is -0.314 e. The number of nitrogens with zero attached hydrogens (tertiary/aromatic N) is 1. The lowest BCUT2D eigenvalue weighted by atomic mass is 9.96. The molecule has 1 heterocycles. The summed E-state index contributed by atoms with van der Waals surface area (Å²) in [7, 11) is 0. The van der Waals surface area contributed by atoms with Gasteiger partial charge in [-0.3, -0.25) is 4.98 Å². The highest BCUT2D eigenvalue weighted by Gasteiger charge is 2.25. The normalized spacial score (nSPS) is 22.5. The van der Waals surface area contributed by atoms with E-state index in [2.05, 4.69) is 47.6 Å². The van der Waals surface area contributed by atoms with Crippen molar-refractivity contribution in [1.29, 1.82) is 0 Å². The Morgan fingerprint density at radius 3 is 2.95 bits per heavy atom. The van der Waals surface area contributed by atoms with Crippen LogP contribution < -0.4 is 5.32 Å². The van der Waals surface area contributed by atoms with Crippen molar-refractivity contribution < 1.29 is 0 Å². The maximum Gasteiger partial charge on any atom is 0.0705 e. The molecule has 0 amide bonds. The molecule has 0 aliphatic heterocycles. The monoisotopic (exact) mass is 268 g/mol. The second kappa shape index (κ2) is 5.92. The van der Waals surface area contributed by atoms with Crippen LogP contribution in [0.4, 0.5) is 0 Å². The summed E-state index contributed by atoms with van der Waals surface area (Å²) in [6.07, 6.45) is 5.13. The lowest BCUT2D eigenvalue weighted by Crippen LogP contribution is -2.26. The molecule has 2 heteroatoms. The summed E-state index contributed by atoms with van der Waals surface area (Å²) in [5.41, 5.74) is 3.70. The smallest absolute Gasteiger partial charge is 0.0705 e. The van der Waals surface area contributed by atoms with Crippen LogP contribution in [0, 0.1) is 6.92 Å². The Kier molecular flexibility index (Phi) is 4.02. The highest BCUT2D eigenvalue weighted by molar-refractivity contribution is 5.79. The van der Waals surface area contributed by atoms with Gasteiger partial charge in [-0.15, -0.1) is 0 Å². The number of rotatable bonds is 4. The molecule has 1 aliphatic carbocycles. The number of aromatic nitrogens is 1. The summed E-state index contributed by atoms with van der Waals surface area (Å²) in [4.78, 5) is 4.59. The van der Waals surface area contributed by atoms with Gasteiger partial charge >= 0.3 is 0 Å². The van der Waals surface area contributed by atoms with Crippen LogP contribution in [0.1, 0.15) is 49.8 Å². The van der Waals surface area contributed by atoms with Crippen molar-refractivity contribution in [3.05, 3.63) is 41.6 Å². The van der Waals surface area contributed by atoms with Gasteiger partial charge in [0.05, 0.1) is 5.52 Å². The quantitative estimate of drug-likeness (QED) is 0.900. The summed E-state index contributed by atoms with van der Waals surface area (Å²) in [6, 6.07) is 11.8. The summed E-state index contributed by atoms with van der Waals surface area (Å²) in [5, 5.41) is 4.94. The molecule has 1 aromatic heterocycles. The first-order chi connectivity index (χ1) is 9.76. The van der Waals surface area contributed by atoms with Crippen molar-refractivity contribution in [3.8, 4) is 0 Å². The van der Waals surface area contributed by atoms with Gasteiger partial charge in [-0.1, -0.05) is 19.1 Å². The Balaban J connectivity index is 1.76. The van der Waals surface area contributed by atoms with E-state index in [1.54, 1.807) is 0 Å². The molecule has 1 fully saturated rings. The first kappa shape index (κ1) is 13.6. The van der Waals surface area contributed by atoms with Crippen molar-refractivity contribution in [2.75, 3.05) is 6.54 Å². The molecular formula is C18H24N2. The van der Waals surface area contributed by atoms with Gasteiger partial charge in [0, 0.05) is 17.1 Å². The topological polar surface area (TPSA) is 24.9 Å². The van der Waals surface area contributed by atoms with Crippen LogP contribution in [-0.2, 0) is 0 Å². The molecule has 0 saturated heterocycles. The Labute approximate surface area is 121 Å². The Hall–Kier alpha value is -1.41. The van der Waals surface area contributed by atoms with E-state index in [4.69, 9.17) is 0 Å². The highest BCUT2D eigenvalue weighted by Crippen LogP contribution is 2.35. The molecule has 3 rings (SSSR count). The average molecular weight is 268 g/mol. The number of hydrogen-bond acceptors (Lipinski definition) is 2. The van der Waals surface area contributed by atoms with Gasteiger partial charge in [-0.2, -0.15) is 0 Å². The van der Waals surface area contributed by atoms with Crippen molar-refractivity contribution in [1.82, 2.24) is 10.3 Å². The predicted molar refractivity (Wildman–Crippen MR) is 85.2 cm³/mol. The van der Waals surface area contributed by atoms with Crippen LogP contribution in [-0.4, -0.2) is 17.6 Å². The fourth-order valence-corrected chi connectivity index (χ4v) is 3.32. The van der Waals surface area contributed by atoms with Gasteiger partial charge in [0.1, 0.15) is 0 Å². The third kappa shape index (κ3) is 2.85. The Morgan fingerprint density at radius 1 is 1.20 bits per heavy atom. The average Bonchev–Trinajstić information content (AvgIpc) is 2.93. The number of hydrogen-bond donors (Lipinski definition) is 1. The minimum absolute atomic E-state index is 0.715. The first-order valence-corrected chi connectivity index (χ1v) is 7.87. The van der Waals surface area contributed by atoms with Crippen molar-refractivity contribution >= 4 is 10.9 Å². The molecule has 106 valence electrons. The van der Waals surface area contributed by atoms with Crippen molar-refractivity contribution in [2.45, 2.75) is 51.5 Å². The van der Waals surface area contributed by atoms with Crippen LogP contribution in [0.25, 0.3) is 10.9 Å². The predicted octanol–water partition coefficient (Wildman–Crippen LogP) is 4.18. The van der Waals surface area contributed by atoms with E-state index >= 15 is 0 Å². The van der Waals surface area contributed by atoms with E-state index in [0.717, 1.165) is 23.7 Å². The molecule has 2 nitrogen and oxygen atoms in total. The zero-order valence-corrected chi connectivity index (χ0v) is 12.5. The van der Waals surface area contributed by atoms with E-state index < -0.39 is 0 Å². The van der Waals surface area contributed by atoms with Gasteiger partial charge in [-0.05, 0) is 68.8 Å². The molecule has 0 bridgehead atoms. The molecule has 2 unspecified atom stereocenters. The molecule has 1 saturated carbocycles. The van der Waals surface area contributed by atoms with Crippen LogP contribution in [0.5, 0.6) is 0 Å². The lowest BCUT2D eigenvalue weighted by molar-refractivity contribution is 0.517. The number of benzene rings is 1.